The second kappa shape index (κ2) is 7.44. The maximum absolute atomic E-state index is 4.81. The largest absolute Gasteiger partial charge is 0.312 e. The summed E-state index contributed by atoms with van der Waals surface area (Å²) in [5.41, 5.74) is 1.49. The van der Waals surface area contributed by atoms with Gasteiger partial charge in [-0.15, -0.1) is 0 Å². The predicted octanol–water partition coefficient (Wildman–Crippen LogP) is 4.35. The molecule has 1 aromatic rings. The Morgan fingerprint density at radius 3 is 2.67 bits per heavy atom. The number of hydrogen-bond donors (Lipinski definition) is 1. The third kappa shape index (κ3) is 5.82. The lowest BCUT2D eigenvalue weighted by atomic mass is 9.96. The molecule has 1 atom stereocenters. The highest BCUT2D eigenvalue weighted by Gasteiger charge is 2.16. The van der Waals surface area contributed by atoms with Crippen LogP contribution >= 0.6 is 0 Å². The third-order valence-electron chi connectivity index (χ3n) is 4.49. The smallest absolute Gasteiger partial charge is 0.0624 e. The van der Waals surface area contributed by atoms with E-state index in [-0.39, 0.29) is 5.54 Å². The number of rotatable bonds is 6. The minimum atomic E-state index is 0.219. The molecule has 3 nitrogen and oxygen atoms in total. The Morgan fingerprint density at radius 1 is 1.29 bits per heavy atom. The summed E-state index contributed by atoms with van der Waals surface area (Å²) in [5, 5.41) is 8.40. The Balaban J connectivity index is 1.74. The van der Waals surface area contributed by atoms with E-state index in [0.717, 1.165) is 13.0 Å². The molecule has 1 heterocycles. The zero-order valence-corrected chi connectivity index (χ0v) is 14.4. The van der Waals surface area contributed by atoms with Gasteiger partial charge in [0.25, 0.3) is 0 Å². The first-order chi connectivity index (χ1) is 9.94. The van der Waals surface area contributed by atoms with Crippen molar-refractivity contribution in [1.82, 2.24) is 15.1 Å². The molecule has 0 amide bonds. The fourth-order valence-corrected chi connectivity index (χ4v) is 3.04. The van der Waals surface area contributed by atoms with Crippen LogP contribution in [0.4, 0.5) is 0 Å². The van der Waals surface area contributed by atoms with E-state index in [2.05, 4.69) is 50.0 Å². The highest BCUT2D eigenvalue weighted by Crippen LogP contribution is 2.27. The van der Waals surface area contributed by atoms with E-state index in [0.29, 0.717) is 12.0 Å². The second-order valence-electron chi connectivity index (χ2n) is 7.85. The lowest BCUT2D eigenvalue weighted by Crippen LogP contribution is -2.38. The molecular weight excluding hydrogens is 258 g/mol. The second-order valence-corrected chi connectivity index (χ2v) is 7.85. The Morgan fingerprint density at radius 2 is 2.00 bits per heavy atom. The molecule has 0 spiro atoms. The van der Waals surface area contributed by atoms with Gasteiger partial charge in [0.1, 0.15) is 0 Å². The van der Waals surface area contributed by atoms with Crippen molar-refractivity contribution < 1.29 is 0 Å². The maximum atomic E-state index is 4.81. The SMILES string of the molecule is CC(CCc1ccn(C2CCCCC2)n1)CNC(C)(C)C. The van der Waals surface area contributed by atoms with Gasteiger partial charge in [-0.2, -0.15) is 5.10 Å². The van der Waals surface area contributed by atoms with Gasteiger partial charge < -0.3 is 5.32 Å². The summed E-state index contributed by atoms with van der Waals surface area (Å²) < 4.78 is 2.23. The summed E-state index contributed by atoms with van der Waals surface area (Å²) in [5.74, 6) is 0.698. The number of nitrogens with zero attached hydrogens (tertiary/aromatic N) is 2. The number of hydrogen-bond acceptors (Lipinski definition) is 2. The van der Waals surface area contributed by atoms with Crippen LogP contribution in [0.2, 0.25) is 0 Å². The van der Waals surface area contributed by atoms with Gasteiger partial charge in [-0.3, -0.25) is 4.68 Å². The van der Waals surface area contributed by atoms with Crippen molar-refractivity contribution in [1.29, 1.82) is 0 Å². The first-order valence-electron chi connectivity index (χ1n) is 8.73. The standard InChI is InChI=1S/C18H33N3/c1-15(14-19-18(2,3)4)10-11-16-12-13-21(20-16)17-8-6-5-7-9-17/h12-13,15,17,19H,5-11,14H2,1-4H3. The lowest BCUT2D eigenvalue weighted by Gasteiger charge is -2.23. The molecule has 1 aromatic heterocycles. The monoisotopic (exact) mass is 291 g/mol. The van der Waals surface area contributed by atoms with Crippen LogP contribution in [0.25, 0.3) is 0 Å². The molecule has 1 unspecified atom stereocenters. The number of nitrogens with one attached hydrogen (secondary N) is 1. The molecule has 0 radical (unpaired) electrons. The first-order valence-corrected chi connectivity index (χ1v) is 8.73. The Hall–Kier alpha value is -0.830. The summed E-state index contributed by atoms with van der Waals surface area (Å²) in [6.45, 7) is 10.1. The molecule has 1 aliphatic rings. The maximum Gasteiger partial charge on any atom is 0.0624 e. The van der Waals surface area contributed by atoms with Crippen molar-refractivity contribution in [2.45, 2.75) is 84.2 Å². The predicted molar refractivity (Wildman–Crippen MR) is 89.6 cm³/mol. The quantitative estimate of drug-likeness (QED) is 0.844. The molecule has 0 aliphatic heterocycles. The molecule has 0 bridgehead atoms. The lowest BCUT2D eigenvalue weighted by molar-refractivity contribution is 0.327. The molecule has 0 aromatic carbocycles. The number of aromatic nitrogens is 2. The van der Waals surface area contributed by atoms with Crippen molar-refractivity contribution in [3.05, 3.63) is 18.0 Å². The zero-order chi connectivity index (χ0) is 15.3. The van der Waals surface area contributed by atoms with E-state index in [4.69, 9.17) is 5.10 Å². The normalized spacial score (nSPS) is 18.9. The van der Waals surface area contributed by atoms with Gasteiger partial charge >= 0.3 is 0 Å². The Kier molecular flexibility index (Phi) is 5.86. The van der Waals surface area contributed by atoms with Crippen LogP contribution in [0.5, 0.6) is 0 Å². The topological polar surface area (TPSA) is 29.9 Å². The minimum Gasteiger partial charge on any atom is -0.312 e. The fraction of sp³-hybridized carbons (Fsp3) is 0.833. The van der Waals surface area contributed by atoms with Gasteiger partial charge in [-0.1, -0.05) is 26.2 Å². The van der Waals surface area contributed by atoms with Crippen molar-refractivity contribution in [3.63, 3.8) is 0 Å². The Labute approximate surface area is 130 Å². The summed E-state index contributed by atoms with van der Waals surface area (Å²) in [7, 11) is 0. The summed E-state index contributed by atoms with van der Waals surface area (Å²) in [6, 6.07) is 2.88. The number of aryl methyl sites for hydroxylation is 1. The van der Waals surface area contributed by atoms with E-state index < -0.39 is 0 Å². The van der Waals surface area contributed by atoms with Crippen molar-refractivity contribution in [2.24, 2.45) is 5.92 Å². The summed E-state index contributed by atoms with van der Waals surface area (Å²) in [6.07, 6.45) is 11.3. The highest BCUT2D eigenvalue weighted by atomic mass is 15.3. The van der Waals surface area contributed by atoms with Gasteiger partial charge in [0.15, 0.2) is 0 Å². The van der Waals surface area contributed by atoms with Gasteiger partial charge in [0.05, 0.1) is 11.7 Å². The average Bonchev–Trinajstić information content (AvgIpc) is 2.92. The van der Waals surface area contributed by atoms with Crippen LogP contribution in [0.3, 0.4) is 0 Å². The molecule has 1 fully saturated rings. The molecule has 120 valence electrons. The van der Waals surface area contributed by atoms with E-state index in [1.165, 1.54) is 44.2 Å². The third-order valence-corrected chi connectivity index (χ3v) is 4.49. The van der Waals surface area contributed by atoms with Crippen LogP contribution in [0, 0.1) is 5.92 Å². The van der Waals surface area contributed by atoms with Crippen LogP contribution in [-0.4, -0.2) is 21.9 Å². The Bertz CT molecular complexity index is 410. The van der Waals surface area contributed by atoms with Crippen LogP contribution in [0.15, 0.2) is 12.3 Å². The first kappa shape index (κ1) is 16.5. The van der Waals surface area contributed by atoms with Gasteiger partial charge in [0.2, 0.25) is 0 Å². The van der Waals surface area contributed by atoms with Crippen LogP contribution in [0.1, 0.15) is 78.0 Å². The van der Waals surface area contributed by atoms with E-state index >= 15 is 0 Å². The molecule has 1 saturated carbocycles. The van der Waals surface area contributed by atoms with Crippen molar-refractivity contribution in [3.8, 4) is 0 Å². The molecule has 0 saturated heterocycles. The van der Waals surface area contributed by atoms with E-state index in [9.17, 15) is 0 Å². The summed E-state index contributed by atoms with van der Waals surface area (Å²) >= 11 is 0. The van der Waals surface area contributed by atoms with E-state index in [1.807, 2.05) is 0 Å². The van der Waals surface area contributed by atoms with Gasteiger partial charge in [-0.05, 0) is 65.0 Å². The summed E-state index contributed by atoms with van der Waals surface area (Å²) in [4.78, 5) is 0. The highest BCUT2D eigenvalue weighted by molar-refractivity contribution is 5.00. The van der Waals surface area contributed by atoms with E-state index in [1.54, 1.807) is 0 Å². The fourth-order valence-electron chi connectivity index (χ4n) is 3.04. The molecule has 3 heteroatoms. The zero-order valence-electron chi connectivity index (χ0n) is 14.4. The van der Waals surface area contributed by atoms with Crippen LogP contribution < -0.4 is 5.32 Å². The van der Waals surface area contributed by atoms with Crippen molar-refractivity contribution >= 4 is 0 Å². The average molecular weight is 291 g/mol. The molecule has 2 rings (SSSR count). The van der Waals surface area contributed by atoms with Gasteiger partial charge in [-0.25, -0.2) is 0 Å². The molecule has 1 N–H and O–H groups in total. The molecule has 1 aliphatic carbocycles. The minimum absolute atomic E-state index is 0.219. The van der Waals surface area contributed by atoms with Crippen LogP contribution in [-0.2, 0) is 6.42 Å². The van der Waals surface area contributed by atoms with Gasteiger partial charge in [0, 0.05) is 11.7 Å². The molecular formula is C18H33N3. The molecule has 21 heavy (non-hydrogen) atoms. The van der Waals surface area contributed by atoms with Crippen molar-refractivity contribution in [2.75, 3.05) is 6.54 Å².